The molecule has 2 aromatic rings. The molecule has 0 amide bonds. The Morgan fingerprint density at radius 3 is 2.45 bits per heavy atom. The Labute approximate surface area is 180 Å². The molecule has 2 aliphatic heterocycles. The molecule has 2 heterocycles. The molecule has 6 N–H and O–H groups in total. The van der Waals surface area contributed by atoms with E-state index in [1.54, 1.807) is 12.1 Å². The first kappa shape index (κ1) is 22.0. The molecule has 168 valence electrons. The van der Waals surface area contributed by atoms with Crippen LogP contribution < -0.4 is 10.5 Å². The summed E-state index contributed by atoms with van der Waals surface area (Å²) in [7, 11) is 0. The Bertz CT molecular complexity index is 867. The molecule has 2 unspecified atom stereocenters. The molecular formula is C23H29NO7. The van der Waals surface area contributed by atoms with Gasteiger partial charge in [0.25, 0.3) is 0 Å². The van der Waals surface area contributed by atoms with Gasteiger partial charge in [0.2, 0.25) is 0 Å². The molecule has 6 atom stereocenters. The average molecular weight is 431 g/mol. The first-order valence-electron chi connectivity index (χ1n) is 10.5. The maximum Gasteiger partial charge on any atom is 0.124 e. The average Bonchev–Trinajstić information content (AvgIpc) is 3.28. The maximum absolute atomic E-state index is 10.4. The van der Waals surface area contributed by atoms with E-state index in [1.807, 2.05) is 30.3 Å². The number of rotatable bonds is 6. The van der Waals surface area contributed by atoms with Crippen LogP contribution in [0.3, 0.4) is 0 Å². The van der Waals surface area contributed by atoms with Crippen molar-refractivity contribution in [2.75, 3.05) is 25.6 Å². The third-order valence-corrected chi connectivity index (χ3v) is 5.90. The molecule has 0 aromatic heterocycles. The second-order valence-corrected chi connectivity index (χ2v) is 8.13. The van der Waals surface area contributed by atoms with E-state index in [1.165, 1.54) is 0 Å². The lowest BCUT2D eigenvalue weighted by molar-refractivity contribution is -0.231. The Hall–Kier alpha value is -2.20. The van der Waals surface area contributed by atoms with Gasteiger partial charge < -0.3 is 40.4 Å². The third kappa shape index (κ3) is 4.85. The lowest BCUT2D eigenvalue weighted by Crippen LogP contribution is -2.55. The number of benzene rings is 2. The molecule has 8 heteroatoms. The lowest BCUT2D eigenvalue weighted by atomic mass is 9.89. The number of aliphatic hydroxyl groups is 4. The number of aliphatic hydroxyl groups excluding tert-OH is 4. The Balaban J connectivity index is 1.49. The normalized spacial score (nSPS) is 31.0. The van der Waals surface area contributed by atoms with Gasteiger partial charge in [0.15, 0.2) is 0 Å². The van der Waals surface area contributed by atoms with Gasteiger partial charge in [-0.1, -0.05) is 24.3 Å². The standard InChI is InChI=1S/C23H29NO7/c24-18-6-3-14(23-22(28)21(27)20(26)19(11-25)31-23)10-15(18)9-13-1-4-16(5-2-13)30-17-7-8-29-12-17/h1-6,10,17,19-23,25-28H,7-9,11-12,24H2/t17?,19-,20-,21?,22-,23+/m1/s1. The fourth-order valence-corrected chi connectivity index (χ4v) is 4.04. The molecule has 8 nitrogen and oxygen atoms in total. The molecule has 0 aliphatic carbocycles. The molecule has 2 saturated heterocycles. The number of hydrogen-bond acceptors (Lipinski definition) is 8. The van der Waals surface area contributed by atoms with Crippen molar-refractivity contribution in [2.45, 2.75) is 49.5 Å². The highest BCUT2D eigenvalue weighted by molar-refractivity contribution is 5.51. The van der Waals surface area contributed by atoms with Crippen LogP contribution in [0.4, 0.5) is 5.69 Å². The predicted octanol–water partition coefficient (Wildman–Crippen LogP) is 0.542. The second kappa shape index (κ2) is 9.52. The largest absolute Gasteiger partial charge is 0.488 e. The number of anilines is 1. The van der Waals surface area contributed by atoms with Crippen LogP contribution >= 0.6 is 0 Å². The van der Waals surface area contributed by atoms with E-state index >= 15 is 0 Å². The summed E-state index contributed by atoms with van der Waals surface area (Å²) in [6.07, 6.45) is -4.44. The van der Waals surface area contributed by atoms with Crippen molar-refractivity contribution in [2.24, 2.45) is 0 Å². The van der Waals surface area contributed by atoms with Gasteiger partial charge in [-0.25, -0.2) is 0 Å². The molecule has 2 aliphatic rings. The van der Waals surface area contributed by atoms with Crippen molar-refractivity contribution in [1.82, 2.24) is 0 Å². The van der Waals surface area contributed by atoms with Crippen molar-refractivity contribution in [3.8, 4) is 5.75 Å². The summed E-state index contributed by atoms with van der Waals surface area (Å²) in [5.74, 6) is 0.794. The molecule has 0 spiro atoms. The van der Waals surface area contributed by atoms with E-state index in [4.69, 9.17) is 19.9 Å². The van der Waals surface area contributed by atoms with Crippen LogP contribution in [0.5, 0.6) is 5.75 Å². The van der Waals surface area contributed by atoms with Gasteiger partial charge in [-0.05, 0) is 41.3 Å². The SMILES string of the molecule is Nc1ccc([C@@H]2O[C@H](CO)[C@@H](O)C(O)[C@H]2O)cc1Cc1ccc(OC2CCOC2)cc1. The summed E-state index contributed by atoms with van der Waals surface area (Å²) in [6, 6.07) is 13.1. The zero-order chi connectivity index (χ0) is 22.0. The first-order chi connectivity index (χ1) is 15.0. The highest BCUT2D eigenvalue weighted by Gasteiger charge is 2.44. The van der Waals surface area contributed by atoms with Crippen LogP contribution in [0.25, 0.3) is 0 Å². The molecule has 2 aromatic carbocycles. The lowest BCUT2D eigenvalue weighted by Gasteiger charge is -2.40. The molecule has 0 bridgehead atoms. The van der Waals surface area contributed by atoms with E-state index in [9.17, 15) is 20.4 Å². The zero-order valence-electron chi connectivity index (χ0n) is 17.1. The van der Waals surface area contributed by atoms with Gasteiger partial charge in [-0.2, -0.15) is 0 Å². The Kier molecular flexibility index (Phi) is 6.76. The van der Waals surface area contributed by atoms with Gasteiger partial charge in [-0.3, -0.25) is 0 Å². The first-order valence-corrected chi connectivity index (χ1v) is 10.5. The fourth-order valence-electron chi connectivity index (χ4n) is 4.04. The summed E-state index contributed by atoms with van der Waals surface area (Å²) in [5.41, 5.74) is 9.25. The Morgan fingerprint density at radius 2 is 1.77 bits per heavy atom. The third-order valence-electron chi connectivity index (χ3n) is 5.90. The van der Waals surface area contributed by atoms with Crippen molar-refractivity contribution < 1.29 is 34.6 Å². The number of ether oxygens (including phenoxy) is 3. The minimum absolute atomic E-state index is 0.0942. The molecule has 31 heavy (non-hydrogen) atoms. The number of nitrogens with two attached hydrogens (primary N) is 1. The van der Waals surface area contributed by atoms with E-state index < -0.39 is 37.1 Å². The summed E-state index contributed by atoms with van der Waals surface area (Å²) >= 11 is 0. The second-order valence-electron chi connectivity index (χ2n) is 8.13. The van der Waals surface area contributed by atoms with Gasteiger partial charge in [0.1, 0.15) is 42.4 Å². The van der Waals surface area contributed by atoms with Gasteiger partial charge >= 0.3 is 0 Å². The molecular weight excluding hydrogens is 402 g/mol. The van der Waals surface area contributed by atoms with Crippen molar-refractivity contribution in [3.63, 3.8) is 0 Å². The van der Waals surface area contributed by atoms with E-state index in [2.05, 4.69) is 0 Å². The van der Waals surface area contributed by atoms with Crippen molar-refractivity contribution in [3.05, 3.63) is 59.2 Å². The molecule has 0 saturated carbocycles. The van der Waals surface area contributed by atoms with Crippen LogP contribution in [0.2, 0.25) is 0 Å². The number of hydrogen-bond donors (Lipinski definition) is 5. The van der Waals surface area contributed by atoms with Gasteiger partial charge in [-0.15, -0.1) is 0 Å². The molecule has 4 rings (SSSR count). The van der Waals surface area contributed by atoms with E-state index in [0.29, 0.717) is 24.3 Å². The fraction of sp³-hybridized carbons (Fsp3) is 0.478. The monoisotopic (exact) mass is 431 g/mol. The smallest absolute Gasteiger partial charge is 0.124 e. The van der Waals surface area contributed by atoms with Crippen LogP contribution in [0.15, 0.2) is 42.5 Å². The van der Waals surface area contributed by atoms with Crippen molar-refractivity contribution >= 4 is 5.69 Å². The maximum atomic E-state index is 10.4. The van der Waals surface area contributed by atoms with Crippen LogP contribution in [0.1, 0.15) is 29.2 Å². The molecule has 2 fully saturated rings. The minimum atomic E-state index is -1.42. The van der Waals surface area contributed by atoms with Crippen molar-refractivity contribution in [1.29, 1.82) is 0 Å². The summed E-state index contributed by atoms with van der Waals surface area (Å²) < 4.78 is 16.9. The van der Waals surface area contributed by atoms with Crippen LogP contribution in [0, 0.1) is 0 Å². The minimum Gasteiger partial charge on any atom is -0.488 e. The summed E-state index contributed by atoms with van der Waals surface area (Å²) in [5, 5.41) is 39.9. The van der Waals surface area contributed by atoms with Crippen LogP contribution in [-0.2, 0) is 15.9 Å². The zero-order valence-corrected chi connectivity index (χ0v) is 17.1. The van der Waals surface area contributed by atoms with Crippen LogP contribution in [-0.4, -0.2) is 70.8 Å². The topological polar surface area (TPSA) is 135 Å². The summed E-state index contributed by atoms with van der Waals surface area (Å²) in [6.45, 7) is 0.876. The molecule has 0 radical (unpaired) electrons. The quantitative estimate of drug-likeness (QED) is 0.419. The van der Waals surface area contributed by atoms with Gasteiger partial charge in [0.05, 0.1) is 19.8 Å². The highest BCUT2D eigenvalue weighted by Crippen LogP contribution is 2.34. The van der Waals surface area contributed by atoms with E-state index in [0.717, 1.165) is 29.9 Å². The van der Waals surface area contributed by atoms with E-state index in [-0.39, 0.29) is 6.10 Å². The highest BCUT2D eigenvalue weighted by atomic mass is 16.5. The Morgan fingerprint density at radius 1 is 1.00 bits per heavy atom. The number of nitrogen functional groups attached to an aromatic ring is 1. The summed E-state index contributed by atoms with van der Waals surface area (Å²) in [4.78, 5) is 0. The predicted molar refractivity (Wildman–Crippen MR) is 113 cm³/mol. The van der Waals surface area contributed by atoms with Gasteiger partial charge in [0, 0.05) is 12.1 Å².